The Bertz CT molecular complexity index is 428. The lowest BCUT2D eigenvalue weighted by atomic mass is 10.1. The van der Waals surface area contributed by atoms with Crippen molar-refractivity contribution >= 4 is 11.9 Å². The van der Waals surface area contributed by atoms with Crippen LogP contribution in [0.25, 0.3) is 0 Å². The Hall–Kier alpha value is -1.91. The monoisotopic (exact) mass is 250 g/mol. The highest BCUT2D eigenvalue weighted by Crippen LogP contribution is 2.07. The van der Waals surface area contributed by atoms with Gasteiger partial charge in [0.2, 0.25) is 0 Å². The van der Waals surface area contributed by atoms with Crippen molar-refractivity contribution in [3.8, 4) is 0 Å². The maximum absolute atomic E-state index is 12.0. The Kier molecular flexibility index (Phi) is 4.83. The van der Waals surface area contributed by atoms with Crippen molar-refractivity contribution in [3.63, 3.8) is 0 Å². The molecule has 0 radical (unpaired) electrons. The first kappa shape index (κ1) is 14.2. The number of pyridine rings is 1. The van der Waals surface area contributed by atoms with Crippen LogP contribution >= 0.6 is 0 Å². The minimum atomic E-state index is -1.05. The molecule has 1 amide bonds. The number of carboxylic acids is 1. The minimum absolute atomic E-state index is 0.0797. The molecule has 1 aromatic rings. The summed E-state index contributed by atoms with van der Waals surface area (Å²) in [5.74, 6) is -0.807. The van der Waals surface area contributed by atoms with E-state index in [1.54, 1.807) is 11.9 Å². The van der Waals surface area contributed by atoms with E-state index in [1.165, 1.54) is 18.3 Å². The third-order valence-corrected chi connectivity index (χ3v) is 2.86. The van der Waals surface area contributed by atoms with Gasteiger partial charge >= 0.3 is 5.97 Å². The highest BCUT2D eigenvalue weighted by Gasteiger charge is 2.15. The predicted molar refractivity (Wildman–Crippen MR) is 67.6 cm³/mol. The molecule has 0 aromatic carbocycles. The number of hydrogen-bond donors (Lipinski definition) is 1. The number of amides is 1. The molecule has 1 unspecified atom stereocenters. The van der Waals surface area contributed by atoms with Crippen molar-refractivity contribution in [1.29, 1.82) is 0 Å². The molecular formula is C13H18N2O3. The molecule has 1 atom stereocenters. The number of rotatable bonds is 5. The highest BCUT2D eigenvalue weighted by atomic mass is 16.4. The summed E-state index contributed by atoms with van der Waals surface area (Å²) in [5.41, 5.74) is 0.349. The minimum Gasteiger partial charge on any atom is -0.478 e. The first-order valence-corrected chi connectivity index (χ1v) is 5.90. The van der Waals surface area contributed by atoms with E-state index in [1.807, 2.05) is 0 Å². The van der Waals surface area contributed by atoms with Crippen LogP contribution in [0.15, 0.2) is 18.3 Å². The summed E-state index contributed by atoms with van der Waals surface area (Å²) in [5, 5.41) is 8.74. The summed E-state index contributed by atoms with van der Waals surface area (Å²) in [7, 11) is 1.72. The van der Waals surface area contributed by atoms with Crippen LogP contribution in [-0.2, 0) is 0 Å². The van der Waals surface area contributed by atoms with Crippen LogP contribution in [0.5, 0.6) is 0 Å². The van der Waals surface area contributed by atoms with Crippen molar-refractivity contribution in [3.05, 3.63) is 29.6 Å². The molecule has 0 saturated heterocycles. The molecule has 18 heavy (non-hydrogen) atoms. The van der Waals surface area contributed by atoms with E-state index in [0.717, 1.165) is 6.42 Å². The first-order chi connectivity index (χ1) is 8.45. The molecule has 0 saturated carbocycles. The van der Waals surface area contributed by atoms with Crippen LogP contribution in [0.1, 0.15) is 41.1 Å². The zero-order chi connectivity index (χ0) is 13.7. The maximum atomic E-state index is 12.0. The smallest absolute Gasteiger partial charge is 0.337 e. The molecular weight excluding hydrogens is 232 g/mol. The van der Waals surface area contributed by atoms with Gasteiger partial charge in [0, 0.05) is 19.8 Å². The van der Waals surface area contributed by atoms with Crippen LogP contribution in [0.3, 0.4) is 0 Å². The van der Waals surface area contributed by atoms with Gasteiger partial charge in [-0.25, -0.2) is 4.79 Å². The lowest BCUT2D eigenvalue weighted by Gasteiger charge is -2.20. The predicted octanol–water partition coefficient (Wildman–Crippen LogP) is 1.90. The van der Waals surface area contributed by atoms with Gasteiger partial charge < -0.3 is 10.0 Å². The fourth-order valence-electron chi connectivity index (χ4n) is 1.52. The van der Waals surface area contributed by atoms with E-state index in [9.17, 15) is 9.59 Å². The lowest BCUT2D eigenvalue weighted by molar-refractivity contribution is 0.0693. The zero-order valence-electron chi connectivity index (χ0n) is 10.9. The second kappa shape index (κ2) is 6.14. The number of carbonyl (C=O) groups excluding carboxylic acids is 1. The third kappa shape index (κ3) is 3.55. The quantitative estimate of drug-likeness (QED) is 0.866. The molecule has 1 aromatic heterocycles. The summed E-state index contributed by atoms with van der Waals surface area (Å²) in [4.78, 5) is 28.1. The van der Waals surface area contributed by atoms with Crippen molar-refractivity contribution in [2.24, 2.45) is 5.92 Å². The molecule has 1 heterocycles. The Morgan fingerprint density at radius 3 is 2.56 bits per heavy atom. The lowest BCUT2D eigenvalue weighted by Crippen LogP contribution is -2.31. The number of hydrogen-bond acceptors (Lipinski definition) is 3. The van der Waals surface area contributed by atoms with Gasteiger partial charge in [0.15, 0.2) is 0 Å². The third-order valence-electron chi connectivity index (χ3n) is 2.86. The largest absolute Gasteiger partial charge is 0.478 e. The topological polar surface area (TPSA) is 70.5 Å². The van der Waals surface area contributed by atoms with E-state index in [2.05, 4.69) is 18.8 Å². The summed E-state index contributed by atoms with van der Waals surface area (Å²) in [6.07, 6.45) is 2.20. The number of aromatic carboxylic acids is 1. The standard InChI is InChI=1S/C13H18N2O3/c1-4-9(2)8-15(3)12(16)11-6-5-10(7-14-11)13(17)18/h5-7,9H,4,8H2,1-3H3,(H,17,18). The zero-order valence-corrected chi connectivity index (χ0v) is 10.9. The summed E-state index contributed by atoms with van der Waals surface area (Å²) in [6.45, 7) is 4.81. The molecule has 0 bridgehead atoms. The van der Waals surface area contributed by atoms with Crippen LogP contribution in [0.2, 0.25) is 0 Å². The second-order valence-electron chi connectivity index (χ2n) is 4.44. The Labute approximate surface area is 106 Å². The van der Waals surface area contributed by atoms with Crippen LogP contribution in [0.4, 0.5) is 0 Å². The molecule has 0 aliphatic heterocycles. The van der Waals surface area contributed by atoms with Crippen molar-refractivity contribution < 1.29 is 14.7 Å². The summed E-state index contributed by atoms with van der Waals surface area (Å²) < 4.78 is 0. The molecule has 0 fully saturated rings. The summed E-state index contributed by atoms with van der Waals surface area (Å²) >= 11 is 0. The normalized spacial score (nSPS) is 11.9. The molecule has 1 N–H and O–H groups in total. The Morgan fingerprint density at radius 2 is 2.11 bits per heavy atom. The number of carbonyl (C=O) groups is 2. The average Bonchev–Trinajstić information content (AvgIpc) is 2.37. The van der Waals surface area contributed by atoms with E-state index in [0.29, 0.717) is 12.5 Å². The molecule has 5 heteroatoms. The fraction of sp³-hybridized carbons (Fsp3) is 0.462. The van der Waals surface area contributed by atoms with Gasteiger partial charge in [0.05, 0.1) is 5.56 Å². The number of nitrogens with zero attached hydrogens (tertiary/aromatic N) is 2. The van der Waals surface area contributed by atoms with Crippen molar-refractivity contribution in [2.75, 3.05) is 13.6 Å². The van der Waals surface area contributed by atoms with Crippen molar-refractivity contribution in [2.45, 2.75) is 20.3 Å². The molecule has 1 rings (SSSR count). The number of carboxylic acid groups (broad SMARTS) is 1. The molecule has 5 nitrogen and oxygen atoms in total. The van der Waals surface area contributed by atoms with Gasteiger partial charge in [-0.2, -0.15) is 0 Å². The van der Waals surface area contributed by atoms with Gasteiger partial charge in [0.1, 0.15) is 5.69 Å². The Balaban J connectivity index is 2.74. The van der Waals surface area contributed by atoms with Crippen LogP contribution in [-0.4, -0.2) is 40.5 Å². The molecule has 98 valence electrons. The van der Waals surface area contributed by atoms with E-state index < -0.39 is 5.97 Å². The van der Waals surface area contributed by atoms with E-state index >= 15 is 0 Å². The van der Waals surface area contributed by atoms with Gasteiger partial charge in [-0.1, -0.05) is 20.3 Å². The van der Waals surface area contributed by atoms with Gasteiger partial charge in [-0.15, -0.1) is 0 Å². The van der Waals surface area contributed by atoms with Crippen molar-refractivity contribution in [1.82, 2.24) is 9.88 Å². The maximum Gasteiger partial charge on any atom is 0.337 e. The van der Waals surface area contributed by atoms with Gasteiger partial charge in [-0.3, -0.25) is 9.78 Å². The highest BCUT2D eigenvalue weighted by molar-refractivity contribution is 5.93. The van der Waals surface area contributed by atoms with E-state index in [4.69, 9.17) is 5.11 Å². The number of aromatic nitrogens is 1. The van der Waals surface area contributed by atoms with Crippen LogP contribution in [0, 0.1) is 5.92 Å². The summed E-state index contributed by atoms with van der Waals surface area (Å²) in [6, 6.07) is 2.83. The van der Waals surface area contributed by atoms with Crippen LogP contribution < -0.4 is 0 Å². The first-order valence-electron chi connectivity index (χ1n) is 5.90. The van der Waals surface area contributed by atoms with E-state index in [-0.39, 0.29) is 17.2 Å². The van der Waals surface area contributed by atoms with Gasteiger partial charge in [-0.05, 0) is 18.1 Å². The SMILES string of the molecule is CCC(C)CN(C)C(=O)c1ccc(C(=O)O)cn1. The molecule has 0 aliphatic rings. The molecule has 0 spiro atoms. The van der Waals surface area contributed by atoms with Gasteiger partial charge in [0.25, 0.3) is 5.91 Å². The Morgan fingerprint density at radius 1 is 1.44 bits per heavy atom. The fourth-order valence-corrected chi connectivity index (χ4v) is 1.52. The average molecular weight is 250 g/mol. The second-order valence-corrected chi connectivity index (χ2v) is 4.44. The molecule has 0 aliphatic carbocycles.